The second-order valence-corrected chi connectivity index (χ2v) is 7.58. The lowest BCUT2D eigenvalue weighted by atomic mass is 9.72. The molecule has 0 amide bonds. The Labute approximate surface area is 151 Å². The third kappa shape index (κ3) is 7.33. The van der Waals surface area contributed by atoms with E-state index in [4.69, 9.17) is 15.6 Å². The first kappa shape index (κ1) is 22.4. The lowest BCUT2D eigenvalue weighted by molar-refractivity contribution is -0.192. The van der Waals surface area contributed by atoms with E-state index in [9.17, 15) is 13.2 Å². The molecule has 6 nitrogen and oxygen atoms in total. The number of carboxylic acid groups (broad SMARTS) is 1. The summed E-state index contributed by atoms with van der Waals surface area (Å²) in [7, 11) is 2.12. The van der Waals surface area contributed by atoms with Crippen LogP contribution in [0.1, 0.15) is 56.7 Å². The fourth-order valence-electron chi connectivity index (χ4n) is 3.08. The molecule has 2 rings (SSSR count). The number of aromatic nitrogens is 2. The van der Waals surface area contributed by atoms with E-state index >= 15 is 0 Å². The minimum Gasteiger partial charge on any atom is -0.475 e. The highest BCUT2D eigenvalue weighted by atomic mass is 19.4. The molecule has 150 valence electrons. The number of hydrogen-bond donors (Lipinski definition) is 3. The zero-order chi connectivity index (χ0) is 20.0. The van der Waals surface area contributed by atoms with Gasteiger partial charge in [0.1, 0.15) is 0 Å². The quantitative estimate of drug-likeness (QED) is 0.732. The Morgan fingerprint density at radius 2 is 1.96 bits per heavy atom. The second kappa shape index (κ2) is 9.36. The molecule has 1 fully saturated rings. The zero-order valence-electron chi connectivity index (χ0n) is 15.6. The van der Waals surface area contributed by atoms with E-state index in [-0.39, 0.29) is 0 Å². The summed E-state index contributed by atoms with van der Waals surface area (Å²) in [5, 5.41) is 14.6. The van der Waals surface area contributed by atoms with Gasteiger partial charge >= 0.3 is 12.1 Å². The number of alkyl halides is 3. The van der Waals surface area contributed by atoms with Crippen LogP contribution in [0.25, 0.3) is 0 Å². The smallest absolute Gasteiger partial charge is 0.475 e. The number of nitrogens with two attached hydrogens (primary N) is 1. The van der Waals surface area contributed by atoms with Crippen LogP contribution in [0.4, 0.5) is 13.2 Å². The van der Waals surface area contributed by atoms with Crippen LogP contribution in [-0.4, -0.2) is 52.5 Å². The van der Waals surface area contributed by atoms with Crippen LogP contribution in [0.5, 0.6) is 0 Å². The van der Waals surface area contributed by atoms with Crippen LogP contribution >= 0.6 is 0 Å². The molecule has 4 N–H and O–H groups in total. The van der Waals surface area contributed by atoms with Crippen molar-refractivity contribution >= 4 is 5.97 Å². The van der Waals surface area contributed by atoms with Crippen LogP contribution < -0.4 is 5.73 Å². The molecule has 0 unspecified atom stereocenters. The first-order chi connectivity index (χ1) is 12.0. The molecule has 26 heavy (non-hydrogen) atoms. The third-order valence-electron chi connectivity index (χ3n) is 4.69. The van der Waals surface area contributed by atoms with Gasteiger partial charge < -0.3 is 15.7 Å². The number of nitrogens with zero attached hydrogens (tertiary/aromatic N) is 2. The third-order valence-corrected chi connectivity index (χ3v) is 4.69. The molecule has 1 saturated carbocycles. The Bertz CT molecular complexity index is 563. The summed E-state index contributed by atoms with van der Waals surface area (Å²) < 4.78 is 31.7. The molecular weight excluding hydrogens is 349 g/mol. The molecule has 0 aromatic carbocycles. The molecule has 0 spiro atoms. The number of aromatic amines is 1. The summed E-state index contributed by atoms with van der Waals surface area (Å²) in [4.78, 5) is 11.2. The summed E-state index contributed by atoms with van der Waals surface area (Å²) in [6.45, 7) is 7.35. The SMILES string of the molecule is CN(CCN)Cc1cn[nH]c1C1CCC(C)(C)CC1.O=C(O)C(F)(F)F. The number of hydrogen-bond acceptors (Lipinski definition) is 4. The van der Waals surface area contributed by atoms with Crippen molar-refractivity contribution in [1.82, 2.24) is 15.1 Å². The van der Waals surface area contributed by atoms with Gasteiger partial charge in [0.25, 0.3) is 0 Å². The molecule has 1 aromatic rings. The number of nitrogens with one attached hydrogen (secondary N) is 1. The number of aliphatic carboxylic acids is 1. The normalized spacial score (nSPS) is 17.7. The van der Waals surface area contributed by atoms with Crippen molar-refractivity contribution in [3.8, 4) is 0 Å². The van der Waals surface area contributed by atoms with Crippen molar-refractivity contribution in [2.75, 3.05) is 20.1 Å². The number of carbonyl (C=O) groups is 1. The van der Waals surface area contributed by atoms with E-state index < -0.39 is 12.1 Å². The first-order valence-corrected chi connectivity index (χ1v) is 8.67. The lowest BCUT2D eigenvalue weighted by Gasteiger charge is -2.34. The predicted molar refractivity (Wildman–Crippen MR) is 92.7 cm³/mol. The molecular formula is C17H29F3N4O2. The Morgan fingerprint density at radius 3 is 2.42 bits per heavy atom. The summed E-state index contributed by atoms with van der Waals surface area (Å²) in [6, 6.07) is 0. The van der Waals surface area contributed by atoms with Crippen LogP contribution in [0.15, 0.2) is 6.20 Å². The Morgan fingerprint density at radius 1 is 1.42 bits per heavy atom. The zero-order valence-corrected chi connectivity index (χ0v) is 15.6. The summed E-state index contributed by atoms with van der Waals surface area (Å²) in [5.74, 6) is -2.09. The van der Waals surface area contributed by atoms with Crippen molar-refractivity contribution in [2.45, 2.75) is 58.2 Å². The maximum absolute atomic E-state index is 10.6. The number of rotatable bonds is 5. The van der Waals surface area contributed by atoms with Gasteiger partial charge in [0.2, 0.25) is 0 Å². The van der Waals surface area contributed by atoms with Crippen LogP contribution in [0, 0.1) is 5.41 Å². The van der Waals surface area contributed by atoms with E-state index in [1.54, 1.807) is 0 Å². The van der Waals surface area contributed by atoms with E-state index in [1.165, 1.54) is 36.9 Å². The van der Waals surface area contributed by atoms with Gasteiger partial charge in [-0.1, -0.05) is 13.8 Å². The largest absolute Gasteiger partial charge is 0.490 e. The first-order valence-electron chi connectivity index (χ1n) is 8.67. The van der Waals surface area contributed by atoms with Gasteiger partial charge in [-0.3, -0.25) is 5.10 Å². The fourth-order valence-corrected chi connectivity index (χ4v) is 3.08. The minimum atomic E-state index is -5.08. The molecule has 0 saturated heterocycles. The minimum absolute atomic E-state index is 0.521. The molecule has 0 atom stereocenters. The summed E-state index contributed by atoms with van der Waals surface area (Å²) in [6.07, 6.45) is 2.09. The molecule has 0 bridgehead atoms. The summed E-state index contributed by atoms with van der Waals surface area (Å²) >= 11 is 0. The Kier molecular flexibility index (Phi) is 8.08. The Hall–Kier alpha value is -1.61. The van der Waals surface area contributed by atoms with Gasteiger partial charge in [-0.25, -0.2) is 4.79 Å². The number of halogens is 3. The maximum Gasteiger partial charge on any atom is 0.490 e. The monoisotopic (exact) mass is 378 g/mol. The topological polar surface area (TPSA) is 95.2 Å². The Balaban J connectivity index is 0.000000412. The van der Waals surface area contributed by atoms with Crippen molar-refractivity contribution < 1.29 is 23.1 Å². The number of H-pyrrole nitrogens is 1. The van der Waals surface area contributed by atoms with Gasteiger partial charge in [-0.2, -0.15) is 18.3 Å². The van der Waals surface area contributed by atoms with Gasteiger partial charge in [-0.05, 0) is 38.1 Å². The van der Waals surface area contributed by atoms with Gasteiger partial charge in [0.15, 0.2) is 0 Å². The van der Waals surface area contributed by atoms with E-state index in [0.29, 0.717) is 17.9 Å². The highest BCUT2D eigenvalue weighted by molar-refractivity contribution is 5.73. The van der Waals surface area contributed by atoms with Crippen molar-refractivity contribution in [2.24, 2.45) is 11.1 Å². The van der Waals surface area contributed by atoms with Crippen molar-refractivity contribution in [3.05, 3.63) is 17.5 Å². The molecule has 1 aromatic heterocycles. The molecule has 1 aliphatic carbocycles. The van der Waals surface area contributed by atoms with Crippen LogP contribution in [0.3, 0.4) is 0 Å². The van der Waals surface area contributed by atoms with Crippen molar-refractivity contribution in [1.29, 1.82) is 0 Å². The summed E-state index contributed by atoms with van der Waals surface area (Å²) in [5.41, 5.74) is 8.83. The molecule has 0 aliphatic heterocycles. The highest BCUT2D eigenvalue weighted by Crippen LogP contribution is 2.42. The lowest BCUT2D eigenvalue weighted by Crippen LogP contribution is -2.26. The van der Waals surface area contributed by atoms with E-state index in [2.05, 4.69) is 36.0 Å². The van der Waals surface area contributed by atoms with Crippen molar-refractivity contribution in [3.63, 3.8) is 0 Å². The standard InChI is InChI=1S/C15H28N4.C2HF3O2/c1-15(2)6-4-12(5-7-15)14-13(10-17-18-14)11-19(3)9-8-16;3-2(4,5)1(6)7/h10,12H,4-9,11,16H2,1-3H3,(H,17,18);(H,6,7). The molecule has 1 aliphatic rings. The fraction of sp³-hybridized carbons (Fsp3) is 0.765. The average molecular weight is 378 g/mol. The average Bonchev–Trinajstić information content (AvgIpc) is 2.95. The van der Waals surface area contributed by atoms with E-state index in [1.807, 2.05) is 6.20 Å². The molecule has 1 heterocycles. The van der Waals surface area contributed by atoms with Crippen LogP contribution in [0.2, 0.25) is 0 Å². The van der Waals surface area contributed by atoms with Gasteiger partial charge in [0, 0.05) is 36.8 Å². The van der Waals surface area contributed by atoms with E-state index in [0.717, 1.165) is 13.1 Å². The maximum atomic E-state index is 10.6. The number of likely N-dealkylation sites (N-methyl/N-ethyl adjacent to an activating group) is 1. The molecule has 9 heteroatoms. The molecule has 0 radical (unpaired) electrons. The van der Waals surface area contributed by atoms with Crippen LogP contribution in [-0.2, 0) is 11.3 Å². The highest BCUT2D eigenvalue weighted by Gasteiger charge is 2.38. The van der Waals surface area contributed by atoms with Gasteiger partial charge in [0.05, 0.1) is 6.20 Å². The number of carboxylic acids is 1. The predicted octanol–water partition coefficient (Wildman–Crippen LogP) is 3.12. The van der Waals surface area contributed by atoms with Gasteiger partial charge in [-0.15, -0.1) is 0 Å². The second-order valence-electron chi connectivity index (χ2n) is 7.58.